The fourth-order valence-electron chi connectivity index (χ4n) is 3.97. The normalized spacial score (nSPS) is 15.4. The number of amides is 1. The zero-order valence-electron chi connectivity index (χ0n) is 17.6. The number of pyridine rings is 1. The van der Waals surface area contributed by atoms with Gasteiger partial charge in [-0.25, -0.2) is 9.97 Å². The minimum atomic E-state index is -0.321. The summed E-state index contributed by atoms with van der Waals surface area (Å²) in [6.45, 7) is 2.02. The van der Waals surface area contributed by atoms with Crippen LogP contribution in [0.15, 0.2) is 53.5 Å². The number of anilines is 1. The van der Waals surface area contributed by atoms with Crippen molar-refractivity contribution in [2.75, 3.05) is 25.5 Å². The van der Waals surface area contributed by atoms with Crippen molar-refractivity contribution >= 4 is 22.5 Å². The van der Waals surface area contributed by atoms with E-state index in [1.54, 1.807) is 10.9 Å². The van der Waals surface area contributed by atoms with E-state index in [4.69, 9.17) is 4.42 Å². The van der Waals surface area contributed by atoms with E-state index in [1.807, 2.05) is 37.6 Å². The number of benzene rings is 1. The van der Waals surface area contributed by atoms with Crippen molar-refractivity contribution in [2.45, 2.75) is 18.8 Å². The van der Waals surface area contributed by atoms with E-state index < -0.39 is 0 Å². The van der Waals surface area contributed by atoms with Gasteiger partial charge in [-0.05, 0) is 56.1 Å². The molecule has 0 radical (unpaired) electrons. The first kappa shape index (κ1) is 19.4. The summed E-state index contributed by atoms with van der Waals surface area (Å²) >= 11 is 0. The summed E-state index contributed by atoms with van der Waals surface area (Å²) in [6.07, 6.45) is 8.97. The fourth-order valence-corrected chi connectivity index (χ4v) is 3.97. The topological polar surface area (TPSA) is 89.1 Å². The Hall–Kier alpha value is -3.52. The van der Waals surface area contributed by atoms with Gasteiger partial charge in [-0.3, -0.25) is 9.48 Å². The maximum absolute atomic E-state index is 12.7. The maximum Gasteiger partial charge on any atom is 0.278 e. The Balaban J connectivity index is 1.33. The number of oxazole rings is 1. The molecule has 5 rings (SSSR count). The number of piperidine rings is 1. The molecule has 1 aromatic carbocycles. The second-order valence-corrected chi connectivity index (χ2v) is 8.14. The summed E-state index contributed by atoms with van der Waals surface area (Å²) in [5, 5.41) is 9.05. The van der Waals surface area contributed by atoms with E-state index >= 15 is 0 Å². The van der Waals surface area contributed by atoms with Gasteiger partial charge in [0.25, 0.3) is 5.91 Å². The molecule has 3 aromatic heterocycles. The van der Waals surface area contributed by atoms with Crippen molar-refractivity contribution in [3.05, 3.63) is 60.7 Å². The van der Waals surface area contributed by atoms with Crippen LogP contribution < -0.4 is 5.32 Å². The highest BCUT2D eigenvalue weighted by Gasteiger charge is 2.24. The van der Waals surface area contributed by atoms with Crippen molar-refractivity contribution in [3.63, 3.8) is 0 Å². The van der Waals surface area contributed by atoms with Crippen LogP contribution >= 0.6 is 0 Å². The number of carbonyl (C=O) groups excluding carboxylic acids is 1. The molecule has 0 saturated carbocycles. The van der Waals surface area contributed by atoms with E-state index in [0.29, 0.717) is 11.7 Å². The van der Waals surface area contributed by atoms with E-state index in [-0.39, 0.29) is 17.5 Å². The fraction of sp³-hybridized carbons (Fsp3) is 0.304. The first-order valence-electron chi connectivity index (χ1n) is 10.4. The number of aromatic nitrogens is 4. The highest BCUT2D eigenvalue weighted by molar-refractivity contribution is 6.03. The van der Waals surface area contributed by atoms with E-state index in [1.165, 1.54) is 6.26 Å². The second kappa shape index (κ2) is 7.96. The number of likely N-dealkylation sites (tertiary alicyclic amines) is 1. The molecule has 8 heteroatoms. The zero-order chi connectivity index (χ0) is 21.4. The molecule has 31 heavy (non-hydrogen) atoms. The third kappa shape index (κ3) is 4.06. The van der Waals surface area contributed by atoms with E-state index in [9.17, 15) is 4.79 Å². The predicted molar refractivity (Wildman–Crippen MR) is 118 cm³/mol. The Morgan fingerprint density at radius 1 is 1.10 bits per heavy atom. The molecule has 1 N–H and O–H groups in total. The molecule has 1 aliphatic heterocycles. The third-order valence-electron chi connectivity index (χ3n) is 5.82. The number of carbonyl (C=O) groups is 1. The second-order valence-electron chi connectivity index (χ2n) is 8.14. The molecule has 0 aliphatic carbocycles. The van der Waals surface area contributed by atoms with Crippen LogP contribution in [0.4, 0.5) is 5.82 Å². The van der Waals surface area contributed by atoms with Crippen molar-refractivity contribution in [1.82, 2.24) is 24.6 Å². The lowest BCUT2D eigenvalue weighted by Crippen LogP contribution is -2.29. The smallest absolute Gasteiger partial charge is 0.278 e. The number of nitrogens with zero attached hydrogens (tertiary/aromatic N) is 5. The van der Waals surface area contributed by atoms with Gasteiger partial charge in [0.2, 0.25) is 0 Å². The van der Waals surface area contributed by atoms with Gasteiger partial charge in [0.05, 0.1) is 6.20 Å². The standard InChI is InChI=1S/C23H24N6O2/c1-28-7-5-15(6-8-28)23-26-20(14-31-23)22(30)27-21-10-18-9-16(3-4-17(18)11-24-21)19-12-25-29(2)13-19/h3-4,9-15H,5-8H2,1-2H3,(H,24,27,30). The Morgan fingerprint density at radius 3 is 2.71 bits per heavy atom. The molecule has 4 aromatic rings. The molecule has 8 nitrogen and oxygen atoms in total. The zero-order valence-corrected chi connectivity index (χ0v) is 17.6. The number of rotatable bonds is 4. The molecule has 0 atom stereocenters. The molecule has 0 unspecified atom stereocenters. The number of hydrogen-bond acceptors (Lipinski definition) is 6. The van der Waals surface area contributed by atoms with Crippen LogP contribution in [0.2, 0.25) is 0 Å². The molecule has 0 spiro atoms. The van der Waals surface area contributed by atoms with Gasteiger partial charge in [-0.1, -0.05) is 12.1 Å². The van der Waals surface area contributed by atoms with Gasteiger partial charge < -0.3 is 14.6 Å². The summed E-state index contributed by atoms with van der Waals surface area (Å²) in [5.74, 6) is 1.07. The third-order valence-corrected chi connectivity index (χ3v) is 5.82. The van der Waals surface area contributed by atoms with Gasteiger partial charge in [0.1, 0.15) is 12.1 Å². The molecule has 158 valence electrons. The highest BCUT2D eigenvalue weighted by atomic mass is 16.3. The Bertz CT molecular complexity index is 1240. The van der Waals surface area contributed by atoms with Crippen molar-refractivity contribution in [3.8, 4) is 11.1 Å². The number of nitrogens with one attached hydrogen (secondary N) is 1. The molecule has 1 saturated heterocycles. The molecule has 1 amide bonds. The lowest BCUT2D eigenvalue weighted by molar-refractivity contribution is 0.102. The van der Waals surface area contributed by atoms with Crippen LogP contribution in [0.1, 0.15) is 35.1 Å². The average Bonchev–Trinajstić information content (AvgIpc) is 3.43. The molecular formula is C23H24N6O2. The quantitative estimate of drug-likeness (QED) is 0.546. The Morgan fingerprint density at radius 2 is 1.94 bits per heavy atom. The minimum absolute atomic E-state index is 0.266. The molecule has 1 aliphatic rings. The first-order chi connectivity index (χ1) is 15.0. The molecular weight excluding hydrogens is 392 g/mol. The van der Waals surface area contributed by atoms with E-state index in [2.05, 4.69) is 38.4 Å². The van der Waals surface area contributed by atoms with Crippen LogP contribution in [-0.2, 0) is 7.05 Å². The van der Waals surface area contributed by atoms with E-state index in [0.717, 1.165) is 47.8 Å². The molecule has 1 fully saturated rings. The van der Waals surface area contributed by atoms with Gasteiger partial charge in [-0.2, -0.15) is 5.10 Å². The maximum atomic E-state index is 12.7. The predicted octanol–water partition coefficient (Wildman–Crippen LogP) is 3.68. The Kier molecular flexibility index (Phi) is 4.99. The summed E-state index contributed by atoms with van der Waals surface area (Å²) in [7, 11) is 4.01. The molecule has 4 heterocycles. The monoisotopic (exact) mass is 416 g/mol. The van der Waals surface area contributed by atoms with Crippen molar-refractivity contribution in [2.24, 2.45) is 7.05 Å². The lowest BCUT2D eigenvalue weighted by atomic mass is 9.97. The molecule has 0 bridgehead atoms. The Labute approximate surface area is 179 Å². The van der Waals surface area contributed by atoms with Crippen LogP contribution in [0.5, 0.6) is 0 Å². The van der Waals surface area contributed by atoms with Gasteiger partial charge in [0, 0.05) is 36.3 Å². The van der Waals surface area contributed by atoms with Crippen LogP contribution in [0.25, 0.3) is 21.9 Å². The summed E-state index contributed by atoms with van der Waals surface area (Å²) in [6, 6.07) is 7.99. The summed E-state index contributed by atoms with van der Waals surface area (Å²) in [4.78, 5) is 23.8. The minimum Gasteiger partial charge on any atom is -0.448 e. The van der Waals surface area contributed by atoms with Crippen LogP contribution in [0, 0.1) is 0 Å². The van der Waals surface area contributed by atoms with Gasteiger partial charge >= 0.3 is 0 Å². The van der Waals surface area contributed by atoms with Crippen LogP contribution in [-0.4, -0.2) is 50.7 Å². The number of aryl methyl sites for hydroxylation is 1. The number of hydrogen-bond donors (Lipinski definition) is 1. The number of fused-ring (bicyclic) bond motifs is 1. The van der Waals surface area contributed by atoms with Crippen molar-refractivity contribution < 1.29 is 9.21 Å². The summed E-state index contributed by atoms with van der Waals surface area (Å²) in [5.41, 5.74) is 2.37. The highest BCUT2D eigenvalue weighted by Crippen LogP contribution is 2.28. The van der Waals surface area contributed by atoms with Gasteiger partial charge in [0.15, 0.2) is 11.6 Å². The average molecular weight is 416 g/mol. The lowest BCUT2D eigenvalue weighted by Gasteiger charge is -2.26. The van der Waals surface area contributed by atoms with Gasteiger partial charge in [-0.15, -0.1) is 0 Å². The largest absolute Gasteiger partial charge is 0.448 e. The summed E-state index contributed by atoms with van der Waals surface area (Å²) < 4.78 is 7.39. The van der Waals surface area contributed by atoms with Crippen LogP contribution in [0.3, 0.4) is 0 Å². The first-order valence-corrected chi connectivity index (χ1v) is 10.4. The SMILES string of the molecule is CN1CCC(c2nc(C(=O)Nc3cc4cc(-c5cnn(C)c5)ccc4cn3)co2)CC1. The van der Waals surface area contributed by atoms with Crippen molar-refractivity contribution in [1.29, 1.82) is 0 Å².